The molecule has 0 aliphatic carbocycles. The van der Waals surface area contributed by atoms with Gasteiger partial charge in [-0.3, -0.25) is 0 Å². The van der Waals surface area contributed by atoms with E-state index in [0.29, 0.717) is 6.04 Å². The van der Waals surface area contributed by atoms with E-state index in [4.69, 9.17) is 4.42 Å². The highest BCUT2D eigenvalue weighted by atomic mass is 32.2. The molecule has 4 heteroatoms. The van der Waals surface area contributed by atoms with Crippen molar-refractivity contribution in [2.75, 3.05) is 12.8 Å². The number of rotatable bonds is 5. The third-order valence-electron chi connectivity index (χ3n) is 3.18. The topological polar surface area (TPSA) is 38.1 Å². The van der Waals surface area contributed by atoms with Gasteiger partial charge in [0, 0.05) is 11.8 Å². The van der Waals surface area contributed by atoms with Crippen molar-refractivity contribution in [3.05, 3.63) is 46.8 Å². The number of nitrogens with zero attached hydrogens (tertiary/aromatic N) is 1. The Morgan fingerprint density at radius 3 is 2.68 bits per heavy atom. The number of nitrogens with one attached hydrogen (secondary N) is 1. The molecule has 2 aromatic rings. The zero-order valence-corrected chi connectivity index (χ0v) is 12.7. The van der Waals surface area contributed by atoms with Crippen LogP contribution in [-0.4, -0.2) is 17.8 Å². The van der Waals surface area contributed by atoms with E-state index in [1.807, 2.05) is 20.9 Å². The molecule has 0 saturated carbocycles. The van der Waals surface area contributed by atoms with Crippen LogP contribution in [0.3, 0.4) is 0 Å². The summed E-state index contributed by atoms with van der Waals surface area (Å²) in [4.78, 5) is 4.40. The molecule has 3 nitrogen and oxygen atoms in total. The SMILES string of the molecule is CNC(CSc1nc(C)c(C)o1)c1cccc(C)c1. The van der Waals surface area contributed by atoms with E-state index >= 15 is 0 Å². The second kappa shape index (κ2) is 6.26. The van der Waals surface area contributed by atoms with Gasteiger partial charge in [-0.05, 0) is 33.4 Å². The first kappa shape index (κ1) is 14.2. The van der Waals surface area contributed by atoms with Crippen molar-refractivity contribution in [2.45, 2.75) is 32.0 Å². The molecule has 19 heavy (non-hydrogen) atoms. The summed E-state index contributed by atoms with van der Waals surface area (Å²) in [7, 11) is 1.99. The summed E-state index contributed by atoms with van der Waals surface area (Å²) < 4.78 is 5.59. The van der Waals surface area contributed by atoms with Gasteiger partial charge in [0.25, 0.3) is 5.22 Å². The summed E-state index contributed by atoms with van der Waals surface area (Å²) in [6.45, 7) is 6.03. The van der Waals surface area contributed by atoms with Gasteiger partial charge in [0.1, 0.15) is 5.76 Å². The fourth-order valence-electron chi connectivity index (χ4n) is 1.89. The number of hydrogen-bond donors (Lipinski definition) is 1. The Morgan fingerprint density at radius 1 is 1.32 bits per heavy atom. The molecule has 102 valence electrons. The van der Waals surface area contributed by atoms with Gasteiger partial charge in [-0.15, -0.1) is 0 Å². The van der Waals surface area contributed by atoms with E-state index in [2.05, 4.69) is 41.5 Å². The van der Waals surface area contributed by atoms with E-state index in [-0.39, 0.29) is 0 Å². The third kappa shape index (κ3) is 3.61. The summed E-state index contributed by atoms with van der Waals surface area (Å²) in [6.07, 6.45) is 0. The van der Waals surface area contributed by atoms with Crippen LogP contribution in [0.15, 0.2) is 33.9 Å². The monoisotopic (exact) mass is 276 g/mol. The van der Waals surface area contributed by atoms with Crippen LogP contribution in [0.5, 0.6) is 0 Å². The lowest BCUT2D eigenvalue weighted by molar-refractivity contribution is 0.430. The van der Waals surface area contributed by atoms with Crippen molar-refractivity contribution in [2.24, 2.45) is 0 Å². The van der Waals surface area contributed by atoms with Gasteiger partial charge in [-0.2, -0.15) is 0 Å². The molecule has 0 aliphatic heterocycles. The second-order valence-corrected chi connectivity index (χ2v) is 5.66. The first-order valence-corrected chi connectivity index (χ1v) is 7.39. The minimum absolute atomic E-state index is 0.303. The summed E-state index contributed by atoms with van der Waals surface area (Å²) in [5.74, 6) is 1.80. The molecular weight excluding hydrogens is 256 g/mol. The number of thioether (sulfide) groups is 1. The lowest BCUT2D eigenvalue weighted by Gasteiger charge is -2.15. The Labute approximate surface area is 118 Å². The first-order chi connectivity index (χ1) is 9.10. The zero-order valence-electron chi connectivity index (χ0n) is 11.9. The van der Waals surface area contributed by atoms with E-state index < -0.39 is 0 Å². The molecular formula is C15H20N2OS. The molecule has 1 N–H and O–H groups in total. The van der Waals surface area contributed by atoms with Gasteiger partial charge in [0.2, 0.25) is 0 Å². The summed E-state index contributed by atoms with van der Waals surface area (Å²) in [5.41, 5.74) is 3.56. The van der Waals surface area contributed by atoms with Crippen LogP contribution < -0.4 is 5.32 Å². The molecule has 1 aromatic carbocycles. The van der Waals surface area contributed by atoms with Crippen molar-refractivity contribution in [3.63, 3.8) is 0 Å². The van der Waals surface area contributed by atoms with Crippen molar-refractivity contribution < 1.29 is 4.42 Å². The van der Waals surface area contributed by atoms with Gasteiger partial charge in [0.15, 0.2) is 0 Å². The fraction of sp³-hybridized carbons (Fsp3) is 0.400. The molecule has 0 fully saturated rings. The molecule has 0 radical (unpaired) electrons. The van der Waals surface area contributed by atoms with Crippen molar-refractivity contribution >= 4 is 11.8 Å². The van der Waals surface area contributed by atoms with Crippen LogP contribution in [0, 0.1) is 20.8 Å². The second-order valence-electron chi connectivity index (χ2n) is 4.69. The molecule has 2 rings (SSSR count). The highest BCUT2D eigenvalue weighted by Gasteiger charge is 2.13. The van der Waals surface area contributed by atoms with Crippen LogP contribution in [0.4, 0.5) is 0 Å². The van der Waals surface area contributed by atoms with Gasteiger partial charge in [-0.1, -0.05) is 41.6 Å². The van der Waals surface area contributed by atoms with E-state index in [0.717, 1.165) is 22.4 Å². The molecule has 1 heterocycles. The average molecular weight is 276 g/mol. The molecule has 1 unspecified atom stereocenters. The summed E-state index contributed by atoms with van der Waals surface area (Å²) >= 11 is 1.65. The zero-order chi connectivity index (χ0) is 13.8. The van der Waals surface area contributed by atoms with Crippen molar-refractivity contribution in [1.29, 1.82) is 0 Å². The number of aromatic nitrogens is 1. The molecule has 0 aliphatic rings. The quantitative estimate of drug-likeness (QED) is 0.846. The Balaban J connectivity index is 2.03. The number of oxazole rings is 1. The Morgan fingerprint density at radius 2 is 2.11 bits per heavy atom. The van der Waals surface area contributed by atoms with E-state index in [9.17, 15) is 0 Å². The lowest BCUT2D eigenvalue weighted by Crippen LogP contribution is -2.18. The van der Waals surface area contributed by atoms with Crippen molar-refractivity contribution in [1.82, 2.24) is 10.3 Å². The smallest absolute Gasteiger partial charge is 0.256 e. The van der Waals surface area contributed by atoms with E-state index in [1.54, 1.807) is 11.8 Å². The van der Waals surface area contributed by atoms with Gasteiger partial charge in [0.05, 0.1) is 5.69 Å². The molecule has 0 amide bonds. The Bertz CT molecular complexity index is 531. The maximum absolute atomic E-state index is 5.59. The van der Waals surface area contributed by atoms with Crippen LogP contribution >= 0.6 is 11.8 Å². The minimum Gasteiger partial charge on any atom is -0.437 e. The van der Waals surface area contributed by atoms with Gasteiger partial charge < -0.3 is 9.73 Å². The fourth-order valence-corrected chi connectivity index (χ4v) is 2.95. The van der Waals surface area contributed by atoms with Crippen molar-refractivity contribution in [3.8, 4) is 0 Å². The first-order valence-electron chi connectivity index (χ1n) is 6.41. The predicted octanol–water partition coefficient (Wildman–Crippen LogP) is 3.65. The highest BCUT2D eigenvalue weighted by Crippen LogP contribution is 2.25. The predicted molar refractivity (Wildman–Crippen MR) is 79.7 cm³/mol. The number of hydrogen-bond acceptors (Lipinski definition) is 4. The molecule has 1 atom stereocenters. The maximum atomic E-state index is 5.59. The third-order valence-corrected chi connectivity index (χ3v) is 4.10. The lowest BCUT2D eigenvalue weighted by atomic mass is 10.1. The van der Waals surface area contributed by atoms with Gasteiger partial charge in [-0.25, -0.2) is 4.98 Å². The van der Waals surface area contributed by atoms with Crippen LogP contribution in [0.2, 0.25) is 0 Å². The normalized spacial score (nSPS) is 12.6. The molecule has 0 spiro atoms. The van der Waals surface area contributed by atoms with Crippen LogP contribution in [-0.2, 0) is 0 Å². The standard InChI is InChI=1S/C15H20N2OS/c1-10-6-5-7-13(8-10)14(16-4)9-19-15-17-11(2)12(3)18-15/h5-8,14,16H,9H2,1-4H3. The maximum Gasteiger partial charge on any atom is 0.256 e. The van der Waals surface area contributed by atoms with Crippen LogP contribution in [0.1, 0.15) is 28.6 Å². The number of benzene rings is 1. The average Bonchev–Trinajstić information content (AvgIpc) is 2.70. The molecule has 1 aromatic heterocycles. The minimum atomic E-state index is 0.303. The van der Waals surface area contributed by atoms with Crippen LogP contribution in [0.25, 0.3) is 0 Å². The Kier molecular flexibility index (Phi) is 4.66. The molecule has 0 saturated heterocycles. The summed E-state index contributed by atoms with van der Waals surface area (Å²) in [6, 6.07) is 8.88. The summed E-state index contributed by atoms with van der Waals surface area (Å²) in [5, 5.41) is 4.10. The van der Waals surface area contributed by atoms with E-state index in [1.165, 1.54) is 11.1 Å². The number of aryl methyl sites for hydroxylation is 3. The molecule has 0 bridgehead atoms. The van der Waals surface area contributed by atoms with Gasteiger partial charge >= 0.3 is 0 Å². The Hall–Kier alpha value is -1.26. The largest absolute Gasteiger partial charge is 0.437 e. The highest BCUT2D eigenvalue weighted by molar-refractivity contribution is 7.99.